The number of pyridine rings is 1. The van der Waals surface area contributed by atoms with E-state index >= 15 is 0 Å². The molecular formula is C17H12F3N5O2. The van der Waals surface area contributed by atoms with Gasteiger partial charge in [-0.05, 0) is 36.4 Å². The molecule has 2 heterocycles. The first kappa shape index (κ1) is 18.1. The molecule has 27 heavy (non-hydrogen) atoms. The number of H-pyrrole nitrogens is 1. The summed E-state index contributed by atoms with van der Waals surface area (Å²) in [7, 11) is 0. The van der Waals surface area contributed by atoms with Crippen molar-refractivity contribution in [3.8, 4) is 0 Å². The second kappa shape index (κ2) is 7.28. The molecule has 0 atom stereocenters. The highest BCUT2D eigenvalue weighted by atomic mass is 19.4. The monoisotopic (exact) mass is 375 g/mol. The van der Waals surface area contributed by atoms with Crippen LogP contribution in [0.15, 0.2) is 55.0 Å². The van der Waals surface area contributed by atoms with Gasteiger partial charge in [0.25, 0.3) is 11.8 Å². The van der Waals surface area contributed by atoms with Crippen molar-refractivity contribution in [3.63, 3.8) is 0 Å². The molecule has 138 valence electrons. The van der Waals surface area contributed by atoms with Gasteiger partial charge in [0.15, 0.2) is 5.69 Å². The lowest BCUT2D eigenvalue weighted by atomic mass is 10.2. The van der Waals surface area contributed by atoms with Crippen LogP contribution < -0.4 is 10.6 Å². The van der Waals surface area contributed by atoms with Gasteiger partial charge in [0.2, 0.25) is 0 Å². The molecule has 10 heteroatoms. The summed E-state index contributed by atoms with van der Waals surface area (Å²) in [5.41, 5.74) is -1.02. The van der Waals surface area contributed by atoms with E-state index in [0.29, 0.717) is 0 Å². The minimum absolute atomic E-state index is 0.106. The van der Waals surface area contributed by atoms with Gasteiger partial charge in [-0.1, -0.05) is 6.07 Å². The first-order chi connectivity index (χ1) is 12.8. The van der Waals surface area contributed by atoms with E-state index in [2.05, 4.69) is 25.6 Å². The molecule has 0 aliphatic carbocycles. The molecule has 0 saturated heterocycles. The van der Waals surface area contributed by atoms with Crippen LogP contribution in [0.25, 0.3) is 0 Å². The first-order valence-electron chi connectivity index (χ1n) is 7.59. The Bertz CT molecular complexity index is 953. The van der Waals surface area contributed by atoms with Crippen molar-refractivity contribution in [2.24, 2.45) is 0 Å². The minimum atomic E-state index is -4.47. The van der Waals surface area contributed by atoms with Crippen LogP contribution in [0.4, 0.5) is 24.7 Å². The van der Waals surface area contributed by atoms with Crippen molar-refractivity contribution in [3.05, 3.63) is 71.9 Å². The van der Waals surface area contributed by atoms with E-state index in [1.165, 1.54) is 6.20 Å². The largest absolute Gasteiger partial charge is 0.416 e. The first-order valence-corrected chi connectivity index (χ1v) is 7.59. The molecule has 0 radical (unpaired) electrons. The Hall–Kier alpha value is -3.69. The normalized spacial score (nSPS) is 11.1. The number of aromatic nitrogens is 3. The van der Waals surface area contributed by atoms with E-state index in [-0.39, 0.29) is 22.9 Å². The van der Waals surface area contributed by atoms with Crippen LogP contribution in [0, 0.1) is 0 Å². The third kappa shape index (κ3) is 4.29. The van der Waals surface area contributed by atoms with Gasteiger partial charge >= 0.3 is 6.18 Å². The molecule has 7 nitrogen and oxygen atoms in total. The Morgan fingerprint density at radius 2 is 1.67 bits per heavy atom. The van der Waals surface area contributed by atoms with Gasteiger partial charge in [0, 0.05) is 11.9 Å². The average Bonchev–Trinajstić information content (AvgIpc) is 3.12. The van der Waals surface area contributed by atoms with Crippen molar-refractivity contribution in [2.75, 3.05) is 10.6 Å². The van der Waals surface area contributed by atoms with E-state index in [1.54, 1.807) is 18.2 Å². The number of imidazole rings is 1. The van der Waals surface area contributed by atoms with Gasteiger partial charge in [0.1, 0.15) is 11.5 Å². The second-order valence-electron chi connectivity index (χ2n) is 5.32. The molecule has 3 rings (SSSR count). The van der Waals surface area contributed by atoms with Crippen LogP contribution in [-0.2, 0) is 6.18 Å². The van der Waals surface area contributed by atoms with E-state index in [9.17, 15) is 22.8 Å². The van der Waals surface area contributed by atoms with E-state index < -0.39 is 23.6 Å². The molecule has 0 unspecified atom stereocenters. The molecule has 0 aliphatic rings. The van der Waals surface area contributed by atoms with Crippen LogP contribution >= 0.6 is 0 Å². The number of alkyl halides is 3. The summed E-state index contributed by atoms with van der Waals surface area (Å²) >= 11 is 0. The highest BCUT2D eigenvalue weighted by Crippen LogP contribution is 2.29. The van der Waals surface area contributed by atoms with Gasteiger partial charge in [0.05, 0.1) is 11.9 Å². The highest BCUT2D eigenvalue weighted by molar-refractivity contribution is 6.13. The highest BCUT2D eigenvalue weighted by Gasteiger charge is 2.30. The number of rotatable bonds is 4. The van der Waals surface area contributed by atoms with E-state index in [0.717, 1.165) is 30.6 Å². The summed E-state index contributed by atoms with van der Waals surface area (Å²) in [5.74, 6) is -1.10. The summed E-state index contributed by atoms with van der Waals surface area (Å²) in [6.45, 7) is 0. The lowest BCUT2D eigenvalue weighted by molar-refractivity contribution is -0.137. The standard InChI is InChI=1S/C17H12F3N5O2/c18-17(19,20)10-4-6-11(7-5-10)24-15(26)13-14(23-9-22-13)16(27)25-12-3-1-2-8-21-12/h1-9H,(H,22,23)(H,24,26)(H,21,25,27). The van der Waals surface area contributed by atoms with Crippen LogP contribution in [0.5, 0.6) is 0 Å². The fourth-order valence-corrected chi connectivity index (χ4v) is 2.19. The van der Waals surface area contributed by atoms with Gasteiger partial charge in [-0.2, -0.15) is 13.2 Å². The third-order valence-corrected chi connectivity index (χ3v) is 3.46. The Balaban J connectivity index is 1.73. The van der Waals surface area contributed by atoms with Crippen molar-refractivity contribution < 1.29 is 22.8 Å². The number of hydrogen-bond acceptors (Lipinski definition) is 4. The number of carbonyl (C=O) groups is 2. The van der Waals surface area contributed by atoms with Crippen molar-refractivity contribution in [1.29, 1.82) is 0 Å². The fourth-order valence-electron chi connectivity index (χ4n) is 2.19. The summed E-state index contributed by atoms with van der Waals surface area (Å²) in [6, 6.07) is 8.82. The zero-order valence-corrected chi connectivity index (χ0v) is 13.5. The molecule has 0 aliphatic heterocycles. The number of carbonyl (C=O) groups excluding carboxylic acids is 2. The number of amides is 2. The van der Waals surface area contributed by atoms with Crippen LogP contribution in [0.1, 0.15) is 26.5 Å². The zero-order chi connectivity index (χ0) is 19.4. The Morgan fingerprint density at radius 1 is 0.926 bits per heavy atom. The molecule has 0 saturated carbocycles. The van der Waals surface area contributed by atoms with Crippen molar-refractivity contribution in [1.82, 2.24) is 15.0 Å². The molecule has 2 amide bonds. The number of hydrogen-bond donors (Lipinski definition) is 3. The SMILES string of the molecule is O=C(Nc1ccc(C(F)(F)F)cc1)c1nc[nH]c1C(=O)Nc1ccccn1. The van der Waals surface area contributed by atoms with Crippen LogP contribution in [-0.4, -0.2) is 26.8 Å². The predicted octanol–water partition coefficient (Wildman–Crippen LogP) is 3.33. The average molecular weight is 375 g/mol. The summed E-state index contributed by atoms with van der Waals surface area (Å²) < 4.78 is 37.7. The maximum atomic E-state index is 12.6. The number of aromatic amines is 1. The molecule has 0 fully saturated rings. The topological polar surface area (TPSA) is 99.8 Å². The van der Waals surface area contributed by atoms with Crippen LogP contribution in [0.2, 0.25) is 0 Å². The summed E-state index contributed by atoms with van der Waals surface area (Å²) in [5, 5.41) is 4.90. The number of anilines is 2. The van der Waals surface area contributed by atoms with E-state index in [1.807, 2.05) is 0 Å². The molecule has 0 spiro atoms. The van der Waals surface area contributed by atoms with Gasteiger partial charge < -0.3 is 15.6 Å². The fraction of sp³-hybridized carbons (Fsp3) is 0.0588. The molecule has 1 aromatic carbocycles. The maximum Gasteiger partial charge on any atom is 0.416 e. The quantitative estimate of drug-likeness (QED) is 0.651. The molecule has 0 bridgehead atoms. The summed E-state index contributed by atoms with van der Waals surface area (Å²) in [6.07, 6.45) is -1.82. The number of nitrogens with one attached hydrogen (secondary N) is 3. The van der Waals surface area contributed by atoms with Gasteiger partial charge in [-0.15, -0.1) is 0 Å². The predicted molar refractivity (Wildman–Crippen MR) is 90.2 cm³/mol. The molecule has 3 aromatic rings. The lowest BCUT2D eigenvalue weighted by Gasteiger charge is -2.09. The third-order valence-electron chi connectivity index (χ3n) is 3.46. The van der Waals surface area contributed by atoms with Gasteiger partial charge in [-0.25, -0.2) is 9.97 Å². The Kier molecular flexibility index (Phi) is 4.88. The summed E-state index contributed by atoms with van der Waals surface area (Å²) in [4.78, 5) is 34.9. The van der Waals surface area contributed by atoms with Gasteiger partial charge in [-0.3, -0.25) is 9.59 Å². The smallest absolute Gasteiger partial charge is 0.340 e. The van der Waals surface area contributed by atoms with Crippen molar-refractivity contribution in [2.45, 2.75) is 6.18 Å². The lowest BCUT2D eigenvalue weighted by Crippen LogP contribution is -2.20. The minimum Gasteiger partial charge on any atom is -0.340 e. The second-order valence-corrected chi connectivity index (χ2v) is 5.32. The molecule has 2 aromatic heterocycles. The molecular weight excluding hydrogens is 363 g/mol. The maximum absolute atomic E-state index is 12.6. The zero-order valence-electron chi connectivity index (χ0n) is 13.5. The van der Waals surface area contributed by atoms with Crippen molar-refractivity contribution >= 4 is 23.3 Å². The number of halogens is 3. The van der Waals surface area contributed by atoms with Crippen LogP contribution in [0.3, 0.4) is 0 Å². The Morgan fingerprint density at radius 3 is 2.30 bits per heavy atom. The van der Waals surface area contributed by atoms with E-state index in [4.69, 9.17) is 0 Å². The molecule has 3 N–H and O–H groups in total. The Labute approximate surface area is 150 Å². The number of nitrogens with zero attached hydrogens (tertiary/aromatic N) is 2. The number of benzene rings is 1.